The number of fused-ring (bicyclic) bond motifs is 1. The first-order valence-electron chi connectivity index (χ1n) is 10.9. The van der Waals surface area contributed by atoms with Gasteiger partial charge in [0, 0.05) is 36.3 Å². The Kier molecular flexibility index (Phi) is 6.58. The largest absolute Gasteiger partial charge is 0.496 e. The van der Waals surface area contributed by atoms with Crippen LogP contribution in [0.1, 0.15) is 41.3 Å². The Hall–Kier alpha value is -3.16. The van der Waals surface area contributed by atoms with Gasteiger partial charge < -0.3 is 19.6 Å². The van der Waals surface area contributed by atoms with E-state index in [0.717, 1.165) is 37.1 Å². The van der Waals surface area contributed by atoms with Crippen LogP contribution < -0.4 is 15.7 Å². The molecule has 0 aliphatic carbocycles. The zero-order valence-electron chi connectivity index (χ0n) is 18.4. The number of rotatable bonds is 7. The highest BCUT2D eigenvalue weighted by atomic mass is 16.5. The van der Waals surface area contributed by atoms with E-state index < -0.39 is 11.5 Å². The van der Waals surface area contributed by atoms with E-state index in [0.29, 0.717) is 35.4 Å². The fraction of sp³-hybridized carbons (Fsp3) is 0.360. The molecule has 1 aliphatic heterocycles. The molecule has 0 unspecified atom stereocenters. The van der Waals surface area contributed by atoms with Crippen molar-refractivity contribution < 1.29 is 19.1 Å². The van der Waals surface area contributed by atoms with Crippen LogP contribution >= 0.6 is 0 Å². The molecule has 7 heteroatoms. The molecular formula is C25H28N2O5. The summed E-state index contributed by atoms with van der Waals surface area (Å²) in [6.07, 6.45) is 2.13. The lowest BCUT2D eigenvalue weighted by Crippen LogP contribution is -2.22. The van der Waals surface area contributed by atoms with E-state index in [1.807, 2.05) is 37.3 Å². The quantitative estimate of drug-likeness (QED) is 0.550. The van der Waals surface area contributed by atoms with Crippen LogP contribution in [0.4, 0.5) is 5.69 Å². The SMILES string of the molecule is CCCc1c(OC)ccc2cc(C(=O)Nc3ccc(CN4CC[C@@H](O)C4)cc3)c(=O)oc12. The summed E-state index contributed by atoms with van der Waals surface area (Å²) >= 11 is 0. The highest BCUT2D eigenvalue weighted by Crippen LogP contribution is 2.29. The second-order valence-corrected chi connectivity index (χ2v) is 8.19. The Bertz CT molecular complexity index is 1170. The van der Waals surface area contributed by atoms with E-state index in [9.17, 15) is 14.7 Å². The number of anilines is 1. The third-order valence-electron chi connectivity index (χ3n) is 5.79. The number of aliphatic hydroxyl groups excluding tert-OH is 1. The Morgan fingerprint density at radius 2 is 2.03 bits per heavy atom. The molecule has 2 heterocycles. The number of ether oxygens (including phenoxy) is 1. The molecule has 32 heavy (non-hydrogen) atoms. The highest BCUT2D eigenvalue weighted by molar-refractivity contribution is 6.05. The number of amides is 1. The van der Waals surface area contributed by atoms with Crippen molar-refractivity contribution in [2.45, 2.75) is 38.8 Å². The summed E-state index contributed by atoms with van der Waals surface area (Å²) in [5.41, 5.74) is 2.27. The van der Waals surface area contributed by atoms with Gasteiger partial charge in [-0.15, -0.1) is 0 Å². The number of β-amino-alcohol motifs (C(OH)–C–C–N with tert-alkyl or cyclic N) is 1. The van der Waals surface area contributed by atoms with Gasteiger partial charge in [-0.1, -0.05) is 25.5 Å². The zero-order valence-corrected chi connectivity index (χ0v) is 18.4. The average molecular weight is 437 g/mol. The number of methoxy groups -OCH3 is 1. The second-order valence-electron chi connectivity index (χ2n) is 8.19. The van der Waals surface area contributed by atoms with Crippen molar-refractivity contribution in [1.29, 1.82) is 0 Å². The van der Waals surface area contributed by atoms with Crippen molar-refractivity contribution in [3.8, 4) is 5.75 Å². The third kappa shape index (κ3) is 4.69. The van der Waals surface area contributed by atoms with Crippen molar-refractivity contribution in [1.82, 2.24) is 4.90 Å². The van der Waals surface area contributed by atoms with Gasteiger partial charge >= 0.3 is 5.63 Å². The maximum absolute atomic E-state index is 12.8. The topological polar surface area (TPSA) is 92.0 Å². The molecule has 0 radical (unpaired) electrons. The Morgan fingerprint density at radius 1 is 1.25 bits per heavy atom. The number of nitrogens with one attached hydrogen (secondary N) is 1. The van der Waals surface area contributed by atoms with E-state index in [-0.39, 0.29) is 11.7 Å². The van der Waals surface area contributed by atoms with Crippen LogP contribution in [0.15, 0.2) is 51.7 Å². The molecule has 1 amide bonds. The van der Waals surface area contributed by atoms with Crippen LogP contribution in [-0.2, 0) is 13.0 Å². The smallest absolute Gasteiger partial charge is 0.349 e. The minimum absolute atomic E-state index is 0.0414. The van der Waals surface area contributed by atoms with E-state index in [1.54, 1.807) is 19.2 Å². The van der Waals surface area contributed by atoms with Crippen LogP contribution in [0.5, 0.6) is 5.75 Å². The molecule has 168 valence electrons. The number of carbonyl (C=O) groups is 1. The molecular weight excluding hydrogens is 408 g/mol. The molecule has 1 fully saturated rings. The zero-order chi connectivity index (χ0) is 22.7. The van der Waals surface area contributed by atoms with Gasteiger partial charge in [-0.2, -0.15) is 0 Å². The predicted molar refractivity (Wildman–Crippen MR) is 123 cm³/mol. The monoisotopic (exact) mass is 436 g/mol. The molecule has 2 aromatic carbocycles. The predicted octanol–water partition coefficient (Wildman–Crippen LogP) is 3.57. The van der Waals surface area contributed by atoms with Crippen molar-refractivity contribution in [2.75, 3.05) is 25.5 Å². The fourth-order valence-corrected chi connectivity index (χ4v) is 4.17. The van der Waals surface area contributed by atoms with Crippen LogP contribution in [0.3, 0.4) is 0 Å². The summed E-state index contributed by atoms with van der Waals surface area (Å²) in [6.45, 7) is 4.35. The molecule has 2 N–H and O–H groups in total. The van der Waals surface area contributed by atoms with Gasteiger partial charge in [0.05, 0.1) is 13.2 Å². The summed E-state index contributed by atoms with van der Waals surface area (Å²) in [7, 11) is 1.58. The number of nitrogens with zero attached hydrogens (tertiary/aromatic N) is 1. The lowest BCUT2D eigenvalue weighted by Gasteiger charge is -2.15. The van der Waals surface area contributed by atoms with Gasteiger partial charge in [-0.25, -0.2) is 4.79 Å². The van der Waals surface area contributed by atoms with Crippen LogP contribution in [0, 0.1) is 0 Å². The Morgan fingerprint density at radius 3 is 2.69 bits per heavy atom. The molecule has 1 saturated heterocycles. The summed E-state index contributed by atoms with van der Waals surface area (Å²) in [5, 5.41) is 13.1. The van der Waals surface area contributed by atoms with E-state index >= 15 is 0 Å². The fourth-order valence-electron chi connectivity index (χ4n) is 4.17. The Labute approximate surface area is 186 Å². The van der Waals surface area contributed by atoms with Gasteiger partial charge in [-0.05, 0) is 48.7 Å². The van der Waals surface area contributed by atoms with Crippen molar-refractivity contribution in [3.05, 3.63) is 69.6 Å². The minimum Gasteiger partial charge on any atom is -0.496 e. The lowest BCUT2D eigenvalue weighted by molar-refractivity contribution is 0.102. The van der Waals surface area contributed by atoms with Gasteiger partial charge in [0.15, 0.2) is 0 Å². The summed E-state index contributed by atoms with van der Waals surface area (Å²) in [4.78, 5) is 27.6. The van der Waals surface area contributed by atoms with Crippen LogP contribution in [-0.4, -0.2) is 42.2 Å². The maximum Gasteiger partial charge on any atom is 0.349 e. The van der Waals surface area contributed by atoms with Gasteiger partial charge in [-0.3, -0.25) is 9.69 Å². The maximum atomic E-state index is 12.8. The van der Waals surface area contributed by atoms with Gasteiger partial charge in [0.2, 0.25) is 0 Å². The van der Waals surface area contributed by atoms with E-state index in [4.69, 9.17) is 9.15 Å². The van der Waals surface area contributed by atoms with Crippen LogP contribution in [0.25, 0.3) is 11.0 Å². The molecule has 0 saturated carbocycles. The van der Waals surface area contributed by atoms with Gasteiger partial charge in [0.25, 0.3) is 5.91 Å². The minimum atomic E-state index is -0.676. The molecule has 0 spiro atoms. The van der Waals surface area contributed by atoms with Crippen molar-refractivity contribution >= 4 is 22.6 Å². The van der Waals surface area contributed by atoms with Crippen molar-refractivity contribution in [3.63, 3.8) is 0 Å². The molecule has 1 aliphatic rings. The molecule has 3 aromatic rings. The number of hydrogen-bond donors (Lipinski definition) is 2. The van der Waals surface area contributed by atoms with Crippen LogP contribution in [0.2, 0.25) is 0 Å². The normalized spacial score (nSPS) is 16.4. The summed E-state index contributed by atoms with van der Waals surface area (Å²) in [6, 6.07) is 12.7. The number of carbonyl (C=O) groups excluding carboxylic acids is 1. The first-order valence-corrected chi connectivity index (χ1v) is 10.9. The average Bonchev–Trinajstić information content (AvgIpc) is 3.19. The highest BCUT2D eigenvalue weighted by Gasteiger charge is 2.20. The Balaban J connectivity index is 1.52. The summed E-state index contributed by atoms with van der Waals surface area (Å²) in [5.74, 6) is 0.159. The van der Waals surface area contributed by atoms with E-state index in [1.165, 1.54) is 0 Å². The lowest BCUT2D eigenvalue weighted by atomic mass is 10.0. The first kappa shape index (κ1) is 22.0. The number of aliphatic hydroxyl groups is 1. The standard InChI is InChI=1S/C25H28N2O5/c1-3-4-20-22(31-2)10-7-17-13-21(25(30)32-23(17)20)24(29)26-18-8-5-16(6-9-18)14-27-12-11-19(28)15-27/h5-10,13,19,28H,3-4,11-12,14-15H2,1-2H3,(H,26,29)/t19-/m1/s1. The first-order chi connectivity index (χ1) is 15.5. The number of benzene rings is 2. The molecule has 1 atom stereocenters. The van der Waals surface area contributed by atoms with Gasteiger partial charge in [0.1, 0.15) is 16.9 Å². The third-order valence-corrected chi connectivity index (χ3v) is 5.79. The summed E-state index contributed by atoms with van der Waals surface area (Å²) < 4.78 is 11.0. The number of hydrogen-bond acceptors (Lipinski definition) is 6. The molecule has 4 rings (SSSR count). The second kappa shape index (κ2) is 9.54. The molecule has 0 bridgehead atoms. The number of aryl methyl sites for hydroxylation is 1. The van der Waals surface area contributed by atoms with E-state index in [2.05, 4.69) is 10.2 Å². The number of likely N-dealkylation sites (tertiary alicyclic amines) is 1. The van der Waals surface area contributed by atoms with Crippen molar-refractivity contribution in [2.24, 2.45) is 0 Å². The molecule has 7 nitrogen and oxygen atoms in total. The molecule has 1 aromatic heterocycles.